The third kappa shape index (κ3) is 19.3. The van der Waals surface area contributed by atoms with Crippen LogP contribution in [0.2, 0.25) is 0 Å². The van der Waals surface area contributed by atoms with Crippen LogP contribution in [0.15, 0.2) is 182 Å². The number of carbonyl (C=O) groups is 5. The van der Waals surface area contributed by atoms with E-state index < -0.39 is 110 Å². The summed E-state index contributed by atoms with van der Waals surface area (Å²) in [5.41, 5.74) is 25.0. The van der Waals surface area contributed by atoms with Crippen molar-refractivity contribution in [3.63, 3.8) is 0 Å². The van der Waals surface area contributed by atoms with Gasteiger partial charge in [-0.25, -0.2) is 89.5 Å². The summed E-state index contributed by atoms with van der Waals surface area (Å²) in [6, 6.07) is 27.4. The van der Waals surface area contributed by atoms with Crippen LogP contribution in [-0.4, -0.2) is 212 Å². The maximum absolute atomic E-state index is 15.3. The topological polar surface area (TPSA) is 441 Å². The number of nitrogens with two attached hydrogens (primary N) is 5. The van der Waals surface area contributed by atoms with Crippen LogP contribution in [0.4, 0.5) is 40.8 Å². The molecule has 14 aliphatic rings. The average molecular weight is 2060 g/mol. The van der Waals surface area contributed by atoms with E-state index in [2.05, 4.69) is 70.8 Å². The van der Waals surface area contributed by atoms with Crippen LogP contribution >= 0.6 is 15.9 Å². The fourth-order valence-electron chi connectivity index (χ4n) is 20.9. The molecular formula is C101H103BrF8N22O13. The van der Waals surface area contributed by atoms with Gasteiger partial charge in [0.05, 0.1) is 106 Å². The Morgan fingerprint density at radius 1 is 0.393 bits per heavy atom. The molecular weight excluding hydrogens is 1960 g/mol. The van der Waals surface area contributed by atoms with Crippen LogP contribution in [0, 0.1) is 106 Å². The van der Waals surface area contributed by atoms with Crippen molar-refractivity contribution < 1.29 is 97.0 Å². The summed E-state index contributed by atoms with van der Waals surface area (Å²) in [6.45, 7) is 9.34. The maximum atomic E-state index is 15.3. The van der Waals surface area contributed by atoms with Gasteiger partial charge in [-0.05, 0) is 205 Å². The molecule has 4 saturated carbocycles. The SMILES string of the molecule is CN1C(=O)[C@@H]2C[C@H](C3CC3)OC[C@]2(c2cc(Oc3cc(-n4cccn4)ncn3)ccc2F)N=C1N.CN1C(=O)[C@@H]2C[C@H](C3CC3)OC[C@]2(c2cc(Oc3ncc(F)cc3F)ccc2F)N=C1N.CN1C(=O)[C@@H]2C[C@H](C3CC3)OC[C@]2(c2ccc(F)cc2F)N=C1N.C[C@H]1C[C@H]2C(=O)N(C)C(N)=N[C@@]2(c2cc(Br)ccc2F)CO1.[C-]#[N+]c1ccnc(Oc2ccc(F)c([C@]34CO[C@@H](C5CC5)C[C@H]3C(=O)N(C)C(N)=N4)c2)c1. The zero-order chi connectivity index (χ0) is 102. The maximum Gasteiger partial charge on any atom is 0.256 e. The number of guanidine groups is 5. The number of hydrogen-bond donors (Lipinski definition) is 5. The van der Waals surface area contributed by atoms with Crippen LogP contribution in [-0.2, 0) is 75.4 Å². The molecule has 5 amide bonds. The van der Waals surface area contributed by atoms with E-state index in [1.54, 1.807) is 81.7 Å². The molecule has 44 heteroatoms. The van der Waals surface area contributed by atoms with Gasteiger partial charge < -0.3 is 66.6 Å². The van der Waals surface area contributed by atoms with E-state index in [0.717, 1.165) is 74.2 Å². The van der Waals surface area contributed by atoms with Crippen molar-refractivity contribution in [3.8, 4) is 40.7 Å². The number of ether oxygens (including phenoxy) is 8. The summed E-state index contributed by atoms with van der Waals surface area (Å²) >= 11 is 3.35. The van der Waals surface area contributed by atoms with Gasteiger partial charge in [-0.1, -0.05) is 22.0 Å². The first-order valence-corrected chi connectivity index (χ1v) is 48.2. The smallest absolute Gasteiger partial charge is 0.256 e. The Morgan fingerprint density at radius 2 is 0.766 bits per heavy atom. The van der Waals surface area contributed by atoms with Gasteiger partial charge in [-0.2, -0.15) is 5.10 Å². The van der Waals surface area contributed by atoms with Crippen molar-refractivity contribution in [1.82, 2.24) is 54.2 Å². The molecule has 0 radical (unpaired) electrons. The lowest BCUT2D eigenvalue weighted by Crippen LogP contribution is -2.60. The minimum atomic E-state index is -1.38. The predicted octanol–water partition coefficient (Wildman–Crippen LogP) is 12.6. The Balaban J connectivity index is 0.000000116. The van der Waals surface area contributed by atoms with Gasteiger partial charge in [0.2, 0.25) is 41.3 Å². The Kier molecular flexibility index (Phi) is 27.2. The third-order valence-corrected chi connectivity index (χ3v) is 30.1. The van der Waals surface area contributed by atoms with Crippen molar-refractivity contribution in [3.05, 3.63) is 243 Å². The van der Waals surface area contributed by atoms with Crippen molar-refractivity contribution >= 4 is 81.0 Å². The highest BCUT2D eigenvalue weighted by Gasteiger charge is 2.62. The first-order valence-electron chi connectivity index (χ1n) is 47.4. The number of rotatable bonds is 16. The second kappa shape index (κ2) is 39.5. The number of amides is 5. The van der Waals surface area contributed by atoms with E-state index in [9.17, 15) is 45.9 Å². The second-order valence-corrected chi connectivity index (χ2v) is 39.7. The minimum Gasteiger partial charge on any atom is -0.440 e. The highest BCUT2D eigenvalue weighted by atomic mass is 79.9. The number of pyridine rings is 2. The third-order valence-electron chi connectivity index (χ3n) is 29.7. The van der Waals surface area contributed by atoms with Crippen molar-refractivity contribution in [2.24, 2.45) is 107 Å². The van der Waals surface area contributed by atoms with Gasteiger partial charge in [-0.15, -0.1) is 0 Å². The first kappa shape index (κ1) is 99.7. The lowest BCUT2D eigenvalue weighted by atomic mass is 9.72. The van der Waals surface area contributed by atoms with Gasteiger partial charge in [0.1, 0.15) is 92.0 Å². The summed E-state index contributed by atoms with van der Waals surface area (Å²) in [5, 5.41) is 4.15. The molecule has 14 heterocycles. The van der Waals surface area contributed by atoms with E-state index in [0.29, 0.717) is 90.4 Å². The van der Waals surface area contributed by atoms with Crippen molar-refractivity contribution in [2.45, 2.75) is 149 Å². The summed E-state index contributed by atoms with van der Waals surface area (Å²) < 4.78 is 165. The van der Waals surface area contributed by atoms with Gasteiger partial charge in [0, 0.05) is 110 Å². The van der Waals surface area contributed by atoms with E-state index >= 15 is 13.2 Å². The van der Waals surface area contributed by atoms with Crippen molar-refractivity contribution in [1.29, 1.82) is 0 Å². The second-order valence-electron chi connectivity index (χ2n) is 38.8. The van der Waals surface area contributed by atoms with E-state index in [1.807, 2.05) is 6.92 Å². The molecule has 5 aromatic carbocycles. The summed E-state index contributed by atoms with van der Waals surface area (Å²) in [6.07, 6.45) is 17.6. The fourth-order valence-corrected chi connectivity index (χ4v) is 21.3. The highest BCUT2D eigenvalue weighted by Crippen LogP contribution is 2.57. The molecule has 15 atom stereocenters. The molecule has 4 aliphatic carbocycles. The molecule has 0 bridgehead atoms. The van der Waals surface area contributed by atoms with Crippen LogP contribution in [0.3, 0.4) is 0 Å². The van der Waals surface area contributed by atoms with Crippen LogP contribution in [0.1, 0.15) is 118 Å². The van der Waals surface area contributed by atoms with E-state index in [-0.39, 0.29) is 163 Å². The average Bonchev–Trinajstić information content (AvgIpc) is 1.74. The van der Waals surface area contributed by atoms with Gasteiger partial charge in [0.15, 0.2) is 47.1 Å². The molecule has 145 heavy (non-hydrogen) atoms. The van der Waals surface area contributed by atoms with E-state index in [4.69, 9.17) is 73.1 Å². The Morgan fingerprint density at radius 3 is 1.15 bits per heavy atom. The standard InChI is InChI=1S/C24H24FN7O3.C23H22FN5O3.C22H21F3N4O3.C17H19F2N3O2.C15H17BrFN3O2/c1-31-22(33)17-10-19(14-3-4-14)34-12-24(17,30-23(31)26)16-9-15(5-6-18(16)25)35-21-11-20(27-13-28-21)32-8-2-7-29-32;1-26-14-7-8-27-20(9-14)32-15-5-6-18(24)16(10-15)23-12-31-19(13-3-4-13)11-17(23)21(30)29(2)22(25)28-23;1-29-20(30)15-8-18(11-2-3-11)31-10-22(15,28-21(29)26)14-7-13(4-5-16(14)24)32-19-17(25)6-12(23)9-27-19;1-22-15(23)12-7-14(9-2-3-9)24-8-17(12,21-16(22)20)11-5-4-10(18)6-13(11)19;1-8-5-11-13(21)20(2)14(18)19-15(11,7-22-8)10-6-9(16)3-4-12(10)17/h2,5-9,11,13-14,17,19H,3-4,10,12H2,1H3,(H2,26,30);5-10,13,17,19H,3-4,11-12H2,2H3,(H2,25,28);4-7,9,11,15,18H,2-3,8,10H2,1H3,(H2,26,28);4-6,9,12,14H,2-3,7-8H2,1H3,(H2,20,21);3-4,6,8,11H,5,7H2,1-2H3,(H2,18,19)/t17-,19+,24+;17-,19+,23+;15-,18+,22+;12-,14+,17+;8-,11-,15+/m00000/s1. The zero-order valence-corrected chi connectivity index (χ0v) is 81.0. The molecule has 5 saturated heterocycles. The van der Waals surface area contributed by atoms with E-state index in [1.165, 1.54) is 111 Å². The monoisotopic (exact) mass is 2060 g/mol. The molecule has 10 N–H and O–H groups in total. The fraction of sp³-hybridized carbons (Fsp3) is 0.426. The normalized spacial score (nSPS) is 28.8. The number of aliphatic imine (C=N–C) groups is 5. The van der Waals surface area contributed by atoms with Crippen LogP contribution < -0.4 is 42.9 Å². The molecule has 9 aromatic rings. The summed E-state index contributed by atoms with van der Waals surface area (Å²) in [7, 11) is 7.86. The van der Waals surface area contributed by atoms with Crippen LogP contribution in [0.25, 0.3) is 10.7 Å². The number of fused-ring (bicyclic) bond motifs is 5. The molecule has 4 aromatic heterocycles. The summed E-state index contributed by atoms with van der Waals surface area (Å²) in [5.74, 6) is -6.15. The quantitative estimate of drug-likeness (QED) is 0.0443. The number of halogens is 9. The molecule has 0 unspecified atom stereocenters. The number of carbonyl (C=O) groups excluding carboxylic acids is 5. The van der Waals surface area contributed by atoms with Gasteiger partial charge in [0.25, 0.3) is 5.88 Å². The number of benzene rings is 5. The molecule has 758 valence electrons. The van der Waals surface area contributed by atoms with Gasteiger partial charge in [-0.3, -0.25) is 48.5 Å². The summed E-state index contributed by atoms with van der Waals surface area (Å²) in [4.78, 5) is 114. The Bertz CT molecular complexity index is 6810. The number of nitrogens with zero attached hydrogens (tertiary/aromatic N) is 17. The molecule has 9 fully saturated rings. The Labute approximate surface area is 835 Å². The lowest BCUT2D eigenvalue weighted by molar-refractivity contribution is -0.147. The number of hydrogen-bond acceptors (Lipinski definition) is 28. The Hall–Kier alpha value is -14.0. The lowest BCUT2D eigenvalue weighted by Gasteiger charge is -2.47. The first-order chi connectivity index (χ1) is 69.4. The molecule has 23 rings (SSSR count). The van der Waals surface area contributed by atoms with Crippen LogP contribution in [0.5, 0.6) is 34.9 Å². The zero-order valence-electron chi connectivity index (χ0n) is 79.4. The molecule has 10 aliphatic heterocycles. The van der Waals surface area contributed by atoms with Gasteiger partial charge >= 0.3 is 0 Å². The minimum absolute atomic E-state index is 0.0153. The number of aromatic nitrogens is 6. The van der Waals surface area contributed by atoms with Crippen molar-refractivity contribution in [2.75, 3.05) is 68.3 Å². The largest absolute Gasteiger partial charge is 0.440 e. The molecule has 0 spiro atoms. The highest BCUT2D eigenvalue weighted by molar-refractivity contribution is 9.10. The molecule has 35 nitrogen and oxygen atoms in total. The predicted molar refractivity (Wildman–Crippen MR) is 510 cm³/mol.